The summed E-state index contributed by atoms with van der Waals surface area (Å²) in [5, 5.41) is 0.754. The Bertz CT molecular complexity index is 917. The van der Waals surface area contributed by atoms with Crippen LogP contribution in [-0.4, -0.2) is 42.6 Å². The lowest BCUT2D eigenvalue weighted by Gasteiger charge is -2.37. The molecule has 4 nitrogen and oxygen atoms in total. The van der Waals surface area contributed by atoms with Gasteiger partial charge in [0.2, 0.25) is 5.91 Å². The molecule has 0 atom stereocenters. The maximum Gasteiger partial charge on any atom is 0.227 e. The Hall–Kier alpha value is -2.20. The molecule has 29 heavy (non-hydrogen) atoms. The monoisotopic (exact) mass is 412 g/mol. The molecule has 2 aromatic carbocycles. The van der Waals surface area contributed by atoms with Gasteiger partial charge in [-0.25, -0.2) is 0 Å². The molecule has 2 aliphatic rings. The van der Waals surface area contributed by atoms with Crippen molar-refractivity contribution in [1.82, 2.24) is 4.90 Å². The number of carbonyl (C=O) groups is 1. The first-order valence-corrected chi connectivity index (χ1v) is 10.8. The van der Waals surface area contributed by atoms with Crippen molar-refractivity contribution >= 4 is 23.2 Å². The molecule has 4 rings (SSSR count). The second kappa shape index (κ2) is 7.91. The van der Waals surface area contributed by atoms with Gasteiger partial charge in [0.1, 0.15) is 11.4 Å². The standard InChI is InChI=1S/C24H29ClN2O2/c1-17-4-6-20(25)16-21(17)26-10-12-27(13-11-26)23(28)15-18-5-7-22-19(14-18)8-9-24(2,3)29-22/h4-7,14,16H,8-13,15H2,1-3H3. The smallest absolute Gasteiger partial charge is 0.227 e. The molecule has 0 radical (unpaired) electrons. The molecular formula is C24H29ClN2O2. The molecule has 1 saturated heterocycles. The van der Waals surface area contributed by atoms with Crippen LogP contribution in [0.2, 0.25) is 5.02 Å². The maximum atomic E-state index is 12.9. The van der Waals surface area contributed by atoms with Crippen molar-refractivity contribution in [1.29, 1.82) is 0 Å². The number of halogens is 1. The second-order valence-corrected chi connectivity index (χ2v) is 9.22. The predicted molar refractivity (Wildman–Crippen MR) is 118 cm³/mol. The van der Waals surface area contributed by atoms with Gasteiger partial charge in [0.25, 0.3) is 0 Å². The summed E-state index contributed by atoms with van der Waals surface area (Å²) in [7, 11) is 0. The van der Waals surface area contributed by atoms with E-state index in [1.807, 2.05) is 29.2 Å². The Morgan fingerprint density at radius 2 is 1.86 bits per heavy atom. The molecule has 0 aliphatic carbocycles. The zero-order valence-corrected chi connectivity index (χ0v) is 18.3. The lowest BCUT2D eigenvalue weighted by molar-refractivity contribution is -0.130. The summed E-state index contributed by atoms with van der Waals surface area (Å²) in [6.07, 6.45) is 2.46. The molecule has 0 N–H and O–H groups in total. The van der Waals surface area contributed by atoms with Crippen molar-refractivity contribution in [3.63, 3.8) is 0 Å². The number of piperazine rings is 1. The van der Waals surface area contributed by atoms with Gasteiger partial charge in [-0.2, -0.15) is 0 Å². The van der Waals surface area contributed by atoms with E-state index in [-0.39, 0.29) is 11.5 Å². The van der Waals surface area contributed by atoms with Crippen LogP contribution in [0.15, 0.2) is 36.4 Å². The summed E-state index contributed by atoms with van der Waals surface area (Å²) in [6.45, 7) is 9.50. The van der Waals surface area contributed by atoms with Crippen LogP contribution >= 0.6 is 11.6 Å². The number of fused-ring (bicyclic) bond motifs is 1. The Morgan fingerprint density at radius 3 is 2.62 bits per heavy atom. The molecule has 0 spiro atoms. The Kier molecular flexibility index (Phi) is 5.48. The molecular weight excluding hydrogens is 384 g/mol. The summed E-state index contributed by atoms with van der Waals surface area (Å²) in [5.74, 6) is 1.16. The van der Waals surface area contributed by atoms with Crippen molar-refractivity contribution in [3.05, 3.63) is 58.1 Å². The third-order valence-electron chi connectivity index (χ3n) is 6.01. The molecule has 1 amide bonds. The summed E-state index contributed by atoms with van der Waals surface area (Å²) >= 11 is 6.17. The summed E-state index contributed by atoms with van der Waals surface area (Å²) in [6, 6.07) is 12.2. The Morgan fingerprint density at radius 1 is 1.10 bits per heavy atom. The zero-order chi connectivity index (χ0) is 20.6. The van der Waals surface area contributed by atoms with Gasteiger partial charge in [-0.15, -0.1) is 0 Å². The predicted octanol–water partition coefficient (Wildman–Crippen LogP) is 4.64. The maximum absolute atomic E-state index is 12.9. The van der Waals surface area contributed by atoms with Gasteiger partial charge < -0.3 is 14.5 Å². The van der Waals surface area contributed by atoms with E-state index in [9.17, 15) is 4.79 Å². The molecule has 5 heteroatoms. The highest BCUT2D eigenvalue weighted by molar-refractivity contribution is 6.30. The fourth-order valence-corrected chi connectivity index (χ4v) is 4.39. The number of hydrogen-bond donors (Lipinski definition) is 0. The number of ether oxygens (including phenoxy) is 1. The number of anilines is 1. The van der Waals surface area contributed by atoms with Crippen LogP contribution in [0.5, 0.6) is 5.75 Å². The highest BCUT2D eigenvalue weighted by atomic mass is 35.5. The molecule has 0 aromatic heterocycles. The van der Waals surface area contributed by atoms with Gasteiger partial charge in [-0.05, 0) is 68.5 Å². The number of hydrogen-bond acceptors (Lipinski definition) is 3. The van der Waals surface area contributed by atoms with Gasteiger partial charge in [0.15, 0.2) is 0 Å². The first-order chi connectivity index (χ1) is 13.8. The highest BCUT2D eigenvalue weighted by Gasteiger charge is 2.27. The van der Waals surface area contributed by atoms with E-state index in [0.717, 1.165) is 55.4 Å². The fourth-order valence-electron chi connectivity index (χ4n) is 4.23. The Balaban J connectivity index is 1.36. The number of benzene rings is 2. The van der Waals surface area contributed by atoms with Crippen LogP contribution in [0.1, 0.15) is 37.0 Å². The SMILES string of the molecule is Cc1ccc(Cl)cc1N1CCN(C(=O)Cc2ccc3c(c2)CCC(C)(C)O3)CC1. The molecule has 2 aliphatic heterocycles. The van der Waals surface area contributed by atoms with Gasteiger partial charge in [-0.1, -0.05) is 29.8 Å². The molecule has 2 heterocycles. The first kappa shape index (κ1) is 20.1. The normalized spacial score (nSPS) is 18.2. The van der Waals surface area contributed by atoms with E-state index in [1.165, 1.54) is 16.8 Å². The van der Waals surface area contributed by atoms with E-state index in [4.69, 9.17) is 16.3 Å². The zero-order valence-electron chi connectivity index (χ0n) is 17.5. The van der Waals surface area contributed by atoms with Crippen molar-refractivity contribution in [3.8, 4) is 5.75 Å². The number of aryl methyl sites for hydroxylation is 2. The molecule has 1 fully saturated rings. The average Bonchev–Trinajstić information content (AvgIpc) is 2.69. The van der Waals surface area contributed by atoms with E-state index in [1.54, 1.807) is 0 Å². The number of nitrogens with zero attached hydrogens (tertiary/aromatic N) is 2. The van der Waals surface area contributed by atoms with Crippen LogP contribution in [0.4, 0.5) is 5.69 Å². The molecule has 0 unspecified atom stereocenters. The summed E-state index contributed by atoms with van der Waals surface area (Å²) in [5.41, 5.74) is 4.57. The van der Waals surface area contributed by atoms with Gasteiger partial charge in [0.05, 0.1) is 6.42 Å². The van der Waals surface area contributed by atoms with Gasteiger partial charge >= 0.3 is 0 Å². The summed E-state index contributed by atoms with van der Waals surface area (Å²) in [4.78, 5) is 17.2. The van der Waals surface area contributed by atoms with Gasteiger partial charge in [-0.3, -0.25) is 4.79 Å². The largest absolute Gasteiger partial charge is 0.488 e. The number of rotatable bonds is 3. The highest BCUT2D eigenvalue weighted by Crippen LogP contribution is 2.33. The quantitative estimate of drug-likeness (QED) is 0.736. The lowest BCUT2D eigenvalue weighted by atomic mass is 9.93. The van der Waals surface area contributed by atoms with Crippen LogP contribution in [0.3, 0.4) is 0 Å². The minimum absolute atomic E-state index is 0.106. The van der Waals surface area contributed by atoms with Crippen molar-refractivity contribution in [2.45, 2.75) is 45.6 Å². The van der Waals surface area contributed by atoms with E-state index in [2.05, 4.69) is 37.8 Å². The van der Waals surface area contributed by atoms with E-state index < -0.39 is 0 Å². The van der Waals surface area contributed by atoms with Gasteiger partial charge in [0, 0.05) is 36.9 Å². The summed E-state index contributed by atoms with van der Waals surface area (Å²) < 4.78 is 6.06. The minimum atomic E-state index is -0.106. The third kappa shape index (κ3) is 4.53. The molecule has 2 aromatic rings. The van der Waals surface area contributed by atoms with Crippen LogP contribution in [0, 0.1) is 6.92 Å². The average molecular weight is 413 g/mol. The third-order valence-corrected chi connectivity index (χ3v) is 6.24. The molecule has 0 bridgehead atoms. The van der Waals surface area contributed by atoms with Crippen LogP contribution in [-0.2, 0) is 17.6 Å². The van der Waals surface area contributed by atoms with Crippen molar-refractivity contribution in [2.75, 3.05) is 31.1 Å². The van der Waals surface area contributed by atoms with Crippen LogP contribution in [0.25, 0.3) is 0 Å². The molecule has 154 valence electrons. The van der Waals surface area contributed by atoms with Crippen LogP contribution < -0.4 is 9.64 Å². The molecule has 0 saturated carbocycles. The van der Waals surface area contributed by atoms with Crippen molar-refractivity contribution in [2.24, 2.45) is 0 Å². The second-order valence-electron chi connectivity index (χ2n) is 8.78. The topological polar surface area (TPSA) is 32.8 Å². The van der Waals surface area contributed by atoms with E-state index >= 15 is 0 Å². The van der Waals surface area contributed by atoms with E-state index in [0.29, 0.717) is 6.42 Å². The lowest BCUT2D eigenvalue weighted by Crippen LogP contribution is -2.49. The Labute approximate surface area is 178 Å². The fraction of sp³-hybridized carbons (Fsp3) is 0.458. The minimum Gasteiger partial charge on any atom is -0.488 e. The number of carbonyl (C=O) groups excluding carboxylic acids is 1. The van der Waals surface area contributed by atoms with Crippen molar-refractivity contribution < 1.29 is 9.53 Å². The first-order valence-electron chi connectivity index (χ1n) is 10.4. The number of amides is 1.